The summed E-state index contributed by atoms with van der Waals surface area (Å²) in [5.74, 6) is -0.981. The Morgan fingerprint density at radius 3 is 0.976 bits per heavy atom. The van der Waals surface area contributed by atoms with E-state index in [9.17, 15) is 4.79 Å². The largest absolute Gasteiger partial charge is 0.478 e. The third kappa shape index (κ3) is 43.3. The maximum atomic E-state index is 9.25. The molecule has 0 aromatic rings. The molecular weight excluding hydrogens is 552 g/mol. The molecule has 0 saturated heterocycles. The fraction of sp³-hybridized carbons (Fsp3) is 0.885. The normalized spacial score (nSPS) is 11.7. The molecule has 0 aliphatic heterocycles. The molecule has 15 heteroatoms. The van der Waals surface area contributed by atoms with Gasteiger partial charge in [0, 0.05) is 13.2 Å². The summed E-state index contributed by atoms with van der Waals surface area (Å²) in [6, 6.07) is 0. The van der Waals surface area contributed by atoms with Crippen molar-refractivity contribution in [3.63, 3.8) is 0 Å². The van der Waals surface area contributed by atoms with Crippen LogP contribution in [0.15, 0.2) is 12.7 Å². The van der Waals surface area contributed by atoms with Gasteiger partial charge in [0.15, 0.2) is 6.29 Å². The fourth-order valence-corrected chi connectivity index (χ4v) is 2.30. The minimum Gasteiger partial charge on any atom is -0.478 e. The molecule has 0 radical (unpaired) electrons. The van der Waals surface area contributed by atoms with Gasteiger partial charge in [0.05, 0.1) is 139 Å². The summed E-state index contributed by atoms with van der Waals surface area (Å²) in [7, 11) is 1.41. The van der Waals surface area contributed by atoms with Gasteiger partial charge in [-0.15, -0.1) is 0 Å². The first-order valence-electron chi connectivity index (χ1n) is 13.5. The van der Waals surface area contributed by atoms with Crippen LogP contribution in [-0.2, 0) is 56.9 Å². The molecule has 15 nitrogen and oxygen atoms in total. The van der Waals surface area contributed by atoms with Crippen molar-refractivity contribution in [2.24, 2.45) is 0 Å². The summed E-state index contributed by atoms with van der Waals surface area (Å²) in [4.78, 5) is 9.25. The van der Waals surface area contributed by atoms with Crippen LogP contribution in [-0.4, -0.2) is 173 Å². The van der Waals surface area contributed by atoms with Gasteiger partial charge in [0.2, 0.25) is 0 Å². The number of aliphatic hydroxyl groups is 2. The average Bonchev–Trinajstić information content (AvgIpc) is 2.98. The van der Waals surface area contributed by atoms with E-state index in [-0.39, 0.29) is 13.2 Å². The zero-order chi connectivity index (χ0) is 30.5. The number of ether oxygens (including phenoxy) is 11. The Kier molecular flexibility index (Phi) is 39.5. The number of carboxylic acid groups (broad SMARTS) is 1. The maximum Gasteiger partial charge on any atom is 0.327 e. The van der Waals surface area contributed by atoms with E-state index >= 15 is 0 Å². The Hall–Kier alpha value is -1.31. The summed E-state index contributed by atoms with van der Waals surface area (Å²) < 4.78 is 58.0. The second kappa shape index (κ2) is 38.7. The Balaban J connectivity index is 0. The SMILES string of the molecule is C=CC(=O)O.COC(O)COCCOCCOCCOCCOCCOCCOCCOCCOCCOCCO. The van der Waals surface area contributed by atoms with Crippen LogP contribution in [0.1, 0.15) is 0 Å². The lowest BCUT2D eigenvalue weighted by atomic mass is 10.6. The molecule has 0 aromatic heterocycles. The molecule has 0 rings (SSSR count). The molecule has 3 N–H and O–H groups in total. The molecular formula is C26H52O15. The highest BCUT2D eigenvalue weighted by atomic mass is 16.6. The standard InChI is InChI=1S/C23H48O13.C3H4O2/c1-26-23(25)22-36-21-20-35-19-18-34-17-16-33-15-14-32-13-12-31-11-10-30-9-8-29-7-6-28-5-4-27-3-2-24;1-2-3(4)5/h23-25H,2-22H2,1H3;2H,1H2,(H,4,5). The van der Waals surface area contributed by atoms with Crippen molar-refractivity contribution < 1.29 is 72.2 Å². The van der Waals surface area contributed by atoms with Crippen LogP contribution in [0.2, 0.25) is 0 Å². The van der Waals surface area contributed by atoms with Crippen molar-refractivity contribution in [2.45, 2.75) is 6.29 Å². The highest BCUT2D eigenvalue weighted by molar-refractivity contribution is 5.78. The molecule has 0 aliphatic rings. The van der Waals surface area contributed by atoms with Crippen LogP contribution in [0.3, 0.4) is 0 Å². The summed E-state index contributed by atoms with van der Waals surface area (Å²) in [6.45, 7) is 12.2. The van der Waals surface area contributed by atoms with E-state index < -0.39 is 12.3 Å². The number of carboxylic acids is 1. The first-order valence-corrected chi connectivity index (χ1v) is 13.5. The smallest absolute Gasteiger partial charge is 0.327 e. The van der Waals surface area contributed by atoms with Crippen molar-refractivity contribution in [1.82, 2.24) is 0 Å². The molecule has 1 unspecified atom stereocenters. The second-order valence-corrected chi connectivity index (χ2v) is 7.54. The van der Waals surface area contributed by atoms with Gasteiger partial charge >= 0.3 is 5.97 Å². The van der Waals surface area contributed by atoms with Gasteiger partial charge < -0.3 is 67.4 Å². The molecule has 0 bridgehead atoms. The average molecular weight is 605 g/mol. The lowest BCUT2D eigenvalue weighted by molar-refractivity contribution is -0.131. The van der Waals surface area contributed by atoms with E-state index in [4.69, 9.17) is 62.7 Å². The quantitative estimate of drug-likeness (QED) is 0.0489. The topological polar surface area (TPSA) is 179 Å². The number of aliphatic hydroxyl groups excluding tert-OH is 2. The van der Waals surface area contributed by atoms with E-state index in [1.54, 1.807) is 0 Å². The molecule has 0 aliphatic carbocycles. The molecule has 0 saturated carbocycles. The van der Waals surface area contributed by atoms with Crippen LogP contribution in [0.4, 0.5) is 0 Å². The van der Waals surface area contributed by atoms with Crippen molar-refractivity contribution >= 4 is 5.97 Å². The molecule has 41 heavy (non-hydrogen) atoms. The minimum atomic E-state index is -0.981. The van der Waals surface area contributed by atoms with E-state index in [1.165, 1.54) is 7.11 Å². The maximum absolute atomic E-state index is 9.25. The third-order valence-electron chi connectivity index (χ3n) is 4.29. The van der Waals surface area contributed by atoms with E-state index in [0.717, 1.165) is 6.08 Å². The predicted molar refractivity (Wildman–Crippen MR) is 146 cm³/mol. The minimum absolute atomic E-state index is 0.0244. The van der Waals surface area contributed by atoms with Gasteiger partial charge in [0.25, 0.3) is 0 Å². The van der Waals surface area contributed by atoms with Gasteiger partial charge in [-0.1, -0.05) is 6.58 Å². The van der Waals surface area contributed by atoms with E-state index in [0.29, 0.717) is 126 Å². The number of hydrogen-bond acceptors (Lipinski definition) is 14. The summed E-state index contributed by atoms with van der Waals surface area (Å²) in [5.41, 5.74) is 0. The number of aliphatic carboxylic acids is 1. The van der Waals surface area contributed by atoms with Crippen LogP contribution in [0, 0.1) is 0 Å². The number of hydrogen-bond donors (Lipinski definition) is 3. The van der Waals surface area contributed by atoms with Crippen LogP contribution >= 0.6 is 0 Å². The van der Waals surface area contributed by atoms with Gasteiger partial charge in [-0.25, -0.2) is 4.79 Å². The predicted octanol–water partition coefficient (Wildman–Crippen LogP) is -0.633. The molecule has 0 spiro atoms. The first kappa shape index (κ1) is 41.8. The number of rotatable bonds is 33. The summed E-state index contributed by atoms with van der Waals surface area (Å²) in [6.07, 6.45) is -0.0668. The summed E-state index contributed by atoms with van der Waals surface area (Å²) in [5, 5.41) is 25.3. The molecule has 0 aromatic carbocycles. The second-order valence-electron chi connectivity index (χ2n) is 7.54. The van der Waals surface area contributed by atoms with E-state index in [2.05, 4.69) is 11.3 Å². The van der Waals surface area contributed by atoms with Crippen molar-refractivity contribution in [3.05, 3.63) is 12.7 Å². The molecule has 0 fully saturated rings. The fourth-order valence-electron chi connectivity index (χ4n) is 2.30. The van der Waals surface area contributed by atoms with Crippen LogP contribution in [0.5, 0.6) is 0 Å². The third-order valence-corrected chi connectivity index (χ3v) is 4.29. The van der Waals surface area contributed by atoms with Gasteiger partial charge in [-0.3, -0.25) is 0 Å². The van der Waals surface area contributed by atoms with Crippen molar-refractivity contribution in [2.75, 3.05) is 146 Å². The molecule has 246 valence electrons. The highest BCUT2D eigenvalue weighted by Gasteiger charge is 2.00. The Labute approximate surface area is 243 Å². The van der Waals surface area contributed by atoms with Crippen LogP contribution < -0.4 is 0 Å². The summed E-state index contributed by atoms with van der Waals surface area (Å²) >= 11 is 0. The lowest BCUT2D eigenvalue weighted by Gasteiger charge is -2.10. The Morgan fingerprint density at radius 2 is 0.780 bits per heavy atom. The zero-order valence-corrected chi connectivity index (χ0v) is 24.5. The Morgan fingerprint density at radius 1 is 0.561 bits per heavy atom. The number of carbonyl (C=O) groups is 1. The van der Waals surface area contributed by atoms with Gasteiger partial charge in [-0.2, -0.15) is 0 Å². The van der Waals surface area contributed by atoms with Gasteiger partial charge in [0.1, 0.15) is 0 Å². The highest BCUT2D eigenvalue weighted by Crippen LogP contribution is 1.88. The van der Waals surface area contributed by atoms with Gasteiger partial charge in [-0.05, 0) is 0 Å². The number of methoxy groups -OCH3 is 1. The van der Waals surface area contributed by atoms with E-state index in [1.807, 2.05) is 0 Å². The lowest BCUT2D eigenvalue weighted by Crippen LogP contribution is -2.19. The van der Waals surface area contributed by atoms with Crippen molar-refractivity contribution in [1.29, 1.82) is 0 Å². The Bertz CT molecular complexity index is 513. The van der Waals surface area contributed by atoms with Crippen molar-refractivity contribution in [3.8, 4) is 0 Å². The first-order chi connectivity index (χ1) is 20.1. The zero-order valence-electron chi connectivity index (χ0n) is 24.5. The monoisotopic (exact) mass is 604 g/mol. The molecule has 0 heterocycles. The molecule has 0 amide bonds. The van der Waals surface area contributed by atoms with Crippen LogP contribution in [0.25, 0.3) is 0 Å². The molecule has 1 atom stereocenters.